The Bertz CT molecular complexity index is 1210. The molecule has 0 aliphatic heterocycles. The molecule has 0 saturated heterocycles. The molecule has 150 valence electrons. The van der Waals surface area contributed by atoms with Crippen molar-refractivity contribution in [2.75, 3.05) is 6.61 Å². The fourth-order valence-corrected chi connectivity index (χ4v) is 3.60. The van der Waals surface area contributed by atoms with Crippen LogP contribution in [0.3, 0.4) is 0 Å². The van der Waals surface area contributed by atoms with E-state index in [0.717, 1.165) is 16.8 Å². The zero-order chi connectivity index (χ0) is 21.1. The zero-order valence-corrected chi connectivity index (χ0v) is 17.6. The van der Waals surface area contributed by atoms with Crippen LogP contribution >= 0.6 is 23.2 Å². The Kier molecular flexibility index (Phi) is 5.88. The zero-order valence-electron chi connectivity index (χ0n) is 16.1. The molecule has 1 heterocycles. The van der Waals surface area contributed by atoms with Crippen LogP contribution in [0.1, 0.15) is 5.69 Å². The number of carbonyl (C=O) groups is 1. The lowest BCUT2D eigenvalue weighted by Gasteiger charge is -2.12. The van der Waals surface area contributed by atoms with Crippen molar-refractivity contribution in [3.8, 4) is 22.6 Å². The van der Waals surface area contributed by atoms with Crippen LogP contribution in [0.2, 0.25) is 10.0 Å². The minimum Gasteiger partial charge on any atom is -0.482 e. The first-order chi connectivity index (χ1) is 14.5. The summed E-state index contributed by atoms with van der Waals surface area (Å²) in [7, 11) is 0. The quantitative estimate of drug-likeness (QED) is 0.264. The molecule has 4 aromatic rings. The summed E-state index contributed by atoms with van der Waals surface area (Å²) in [4.78, 5) is 16.8. The Morgan fingerprint density at radius 3 is 2.33 bits per heavy atom. The number of nitrogens with zero attached hydrogens (tertiary/aromatic N) is 1. The van der Waals surface area contributed by atoms with Crippen LogP contribution < -0.4 is 9.47 Å². The highest BCUT2D eigenvalue weighted by Crippen LogP contribution is 2.37. The van der Waals surface area contributed by atoms with E-state index in [-0.39, 0.29) is 17.4 Å². The number of hydrogen-bond acceptors (Lipinski definition) is 4. The van der Waals surface area contributed by atoms with Crippen molar-refractivity contribution in [1.29, 1.82) is 0 Å². The van der Waals surface area contributed by atoms with Crippen molar-refractivity contribution in [2.45, 2.75) is 6.92 Å². The summed E-state index contributed by atoms with van der Waals surface area (Å²) in [6, 6.07) is 22.7. The van der Waals surface area contributed by atoms with Crippen LogP contribution in [0, 0.1) is 6.92 Å². The van der Waals surface area contributed by atoms with Gasteiger partial charge in [-0.2, -0.15) is 0 Å². The van der Waals surface area contributed by atoms with Crippen LogP contribution in [-0.4, -0.2) is 17.6 Å². The van der Waals surface area contributed by atoms with Gasteiger partial charge in [0.1, 0.15) is 11.3 Å². The highest BCUT2D eigenvalue weighted by atomic mass is 35.5. The van der Waals surface area contributed by atoms with E-state index in [2.05, 4.69) is 4.98 Å². The highest BCUT2D eigenvalue weighted by molar-refractivity contribution is 6.39. The van der Waals surface area contributed by atoms with Crippen LogP contribution in [0.15, 0.2) is 72.8 Å². The molecule has 0 unspecified atom stereocenters. The average Bonchev–Trinajstić information content (AvgIpc) is 2.76. The number of benzene rings is 3. The first-order valence-electron chi connectivity index (χ1n) is 9.25. The molecule has 6 heteroatoms. The molecular weight excluding hydrogens is 421 g/mol. The normalized spacial score (nSPS) is 10.8. The third kappa shape index (κ3) is 4.40. The lowest BCUT2D eigenvalue weighted by Crippen LogP contribution is -2.18. The maximum Gasteiger partial charge on any atom is 0.349 e. The van der Waals surface area contributed by atoms with Gasteiger partial charge in [-0.05, 0) is 48.4 Å². The molecule has 0 aliphatic carbocycles. The van der Waals surface area contributed by atoms with Gasteiger partial charge in [0, 0.05) is 11.1 Å². The molecule has 0 N–H and O–H groups in total. The summed E-state index contributed by atoms with van der Waals surface area (Å²) in [6.07, 6.45) is 0. The largest absolute Gasteiger partial charge is 0.482 e. The molecule has 0 amide bonds. The predicted octanol–water partition coefficient (Wildman–Crippen LogP) is 6.50. The number of fused-ring (bicyclic) bond motifs is 1. The average molecular weight is 438 g/mol. The third-order valence-electron chi connectivity index (χ3n) is 4.51. The van der Waals surface area contributed by atoms with Crippen LogP contribution in [0.4, 0.5) is 0 Å². The van der Waals surface area contributed by atoms with Crippen molar-refractivity contribution in [1.82, 2.24) is 4.98 Å². The number of esters is 1. The Morgan fingerprint density at radius 2 is 1.60 bits per heavy atom. The molecule has 0 atom stereocenters. The highest BCUT2D eigenvalue weighted by Gasteiger charge is 2.17. The molecule has 30 heavy (non-hydrogen) atoms. The lowest BCUT2D eigenvalue weighted by atomic mass is 10.1. The Labute approximate surface area is 184 Å². The summed E-state index contributed by atoms with van der Waals surface area (Å²) in [5.41, 5.74) is 3.36. The molecule has 0 aliphatic rings. The van der Waals surface area contributed by atoms with Gasteiger partial charge in [-0.15, -0.1) is 0 Å². The topological polar surface area (TPSA) is 48.4 Å². The van der Waals surface area contributed by atoms with Crippen molar-refractivity contribution in [2.24, 2.45) is 0 Å². The molecule has 0 saturated carbocycles. The summed E-state index contributed by atoms with van der Waals surface area (Å²) in [5, 5.41) is 1.31. The predicted molar refractivity (Wildman–Crippen MR) is 120 cm³/mol. The van der Waals surface area contributed by atoms with Gasteiger partial charge in [0.25, 0.3) is 0 Å². The molecule has 0 bridgehead atoms. The molecule has 1 aromatic heterocycles. The van der Waals surface area contributed by atoms with Crippen LogP contribution in [0.5, 0.6) is 11.5 Å². The monoisotopic (exact) mass is 437 g/mol. The molecule has 0 spiro atoms. The number of ether oxygens (including phenoxy) is 2. The number of aromatic nitrogens is 1. The van der Waals surface area contributed by atoms with Crippen molar-refractivity contribution >= 4 is 40.1 Å². The molecule has 3 aromatic carbocycles. The van der Waals surface area contributed by atoms with Crippen LogP contribution in [0.25, 0.3) is 22.0 Å². The number of halogens is 2. The van der Waals surface area contributed by atoms with Crippen molar-refractivity contribution in [3.63, 3.8) is 0 Å². The van der Waals surface area contributed by atoms with E-state index in [1.54, 1.807) is 0 Å². The van der Waals surface area contributed by atoms with E-state index in [4.69, 9.17) is 32.7 Å². The minimum absolute atomic E-state index is 0.174. The van der Waals surface area contributed by atoms with Gasteiger partial charge in [-0.3, -0.25) is 0 Å². The number of aryl methyl sites for hydroxylation is 1. The Hall–Kier alpha value is -3.08. The maximum absolute atomic E-state index is 12.4. The van der Waals surface area contributed by atoms with Crippen molar-refractivity contribution in [3.05, 3.63) is 88.5 Å². The maximum atomic E-state index is 12.4. The Balaban J connectivity index is 1.46. The number of carbonyl (C=O) groups excluding carboxylic acids is 1. The number of rotatable bonds is 5. The van der Waals surface area contributed by atoms with Gasteiger partial charge in [0.15, 0.2) is 12.4 Å². The lowest BCUT2D eigenvalue weighted by molar-refractivity contribution is -0.136. The second-order valence-corrected chi connectivity index (χ2v) is 7.49. The second kappa shape index (κ2) is 8.74. The molecule has 0 fully saturated rings. The molecular formula is C24H17Cl2NO3. The molecule has 4 nitrogen and oxygen atoms in total. The van der Waals surface area contributed by atoms with E-state index in [9.17, 15) is 4.79 Å². The first kappa shape index (κ1) is 20.2. The fourth-order valence-electron chi connectivity index (χ4n) is 3.05. The second-order valence-electron chi connectivity index (χ2n) is 6.67. The third-order valence-corrected chi connectivity index (χ3v) is 5.10. The summed E-state index contributed by atoms with van der Waals surface area (Å²) < 4.78 is 11.0. The van der Waals surface area contributed by atoms with Gasteiger partial charge in [0.05, 0.1) is 10.0 Å². The van der Waals surface area contributed by atoms with E-state index in [1.165, 1.54) is 6.07 Å². The van der Waals surface area contributed by atoms with E-state index in [1.807, 2.05) is 73.7 Å². The van der Waals surface area contributed by atoms with Crippen LogP contribution in [-0.2, 0) is 4.79 Å². The number of pyridine rings is 1. The van der Waals surface area contributed by atoms with Gasteiger partial charge in [-0.25, -0.2) is 9.78 Å². The summed E-state index contributed by atoms with van der Waals surface area (Å²) >= 11 is 12.5. The standard InChI is InChI=1S/C24H17Cl2NO3/c1-15-7-12-19-20(25)13-21(26)24(23(19)27-15)30-22(28)14-29-18-10-8-17(9-11-18)16-5-3-2-4-6-16/h2-13H,14H2,1H3. The van der Waals surface area contributed by atoms with Gasteiger partial charge < -0.3 is 9.47 Å². The van der Waals surface area contributed by atoms with Gasteiger partial charge in [-0.1, -0.05) is 65.7 Å². The summed E-state index contributed by atoms with van der Waals surface area (Å²) in [6.45, 7) is 1.57. The summed E-state index contributed by atoms with van der Waals surface area (Å²) in [5.74, 6) is 0.149. The minimum atomic E-state index is -0.587. The molecule has 4 rings (SSSR count). The first-order valence-corrected chi connectivity index (χ1v) is 10.0. The smallest absolute Gasteiger partial charge is 0.349 e. The SMILES string of the molecule is Cc1ccc2c(Cl)cc(Cl)c(OC(=O)COc3ccc(-c4ccccc4)cc3)c2n1. The Morgan fingerprint density at radius 1 is 0.900 bits per heavy atom. The van der Waals surface area contributed by atoms with Gasteiger partial charge >= 0.3 is 5.97 Å². The van der Waals surface area contributed by atoms with Gasteiger partial charge in [0.2, 0.25) is 0 Å². The fraction of sp³-hybridized carbons (Fsp3) is 0.0833. The van der Waals surface area contributed by atoms with Crippen molar-refractivity contribution < 1.29 is 14.3 Å². The van der Waals surface area contributed by atoms with E-state index in [0.29, 0.717) is 21.7 Å². The number of hydrogen-bond donors (Lipinski definition) is 0. The van der Waals surface area contributed by atoms with E-state index >= 15 is 0 Å². The molecule has 0 radical (unpaired) electrons. The van der Waals surface area contributed by atoms with E-state index < -0.39 is 5.97 Å².